The standard InChI is InChI=1S/C55H86N4O19S/c1-15-40-55(11)47(76-52(65)77-55)31(5)42(57-67)29(3)26-53(9,66)46(75-51-44(61)39(58(12)13)24-30(4)71-51)32(6)45(33(7)50(64)73-40)74-41-27-54(10,70-14)48(34(8)72-41)78-79(68,69)23-22-56-21-17-18-35-19-20-38-36(25-35)43(60)37(49(62)63)28-59(38)16-2/h19-20,25,28-34,39-41,44-48,51,56,61,66-67H,15-18,21-24,26-27H2,1-14H3,(H,62,63)/b57-42+/t29-,30-,31?,32+,33-,34+,39+,40-,41+,44-,45+,46-,47-,48+,51+,53-,54-,55-/m1/s1. The molecule has 5 N–H and O–H groups in total. The normalized spacial score (nSPS) is 37.5. The third kappa shape index (κ3) is 14.1. The summed E-state index contributed by atoms with van der Waals surface area (Å²) in [6.45, 7) is 19.6. The number of methoxy groups -OCH3 is 1. The van der Waals surface area contributed by atoms with E-state index in [1.165, 1.54) is 20.2 Å². The monoisotopic (exact) mass is 1140 g/mol. The van der Waals surface area contributed by atoms with Gasteiger partial charge in [0, 0.05) is 62.0 Å². The summed E-state index contributed by atoms with van der Waals surface area (Å²) in [5.41, 5.74) is -4.02. The van der Waals surface area contributed by atoms with Crippen LogP contribution in [0.1, 0.15) is 124 Å². The minimum absolute atomic E-state index is 0.0406. The highest BCUT2D eigenvalue weighted by atomic mass is 32.2. The van der Waals surface area contributed by atoms with E-state index in [0.717, 1.165) is 5.56 Å². The van der Waals surface area contributed by atoms with E-state index in [-0.39, 0.29) is 43.2 Å². The third-order valence-corrected chi connectivity index (χ3v) is 17.9. The first-order valence-electron chi connectivity index (χ1n) is 27.5. The van der Waals surface area contributed by atoms with Crippen molar-refractivity contribution in [2.45, 2.75) is 205 Å². The molecule has 4 fully saturated rings. The molecule has 0 aliphatic carbocycles. The number of aliphatic hydroxyl groups is 2. The number of hydrogen-bond donors (Lipinski definition) is 5. The van der Waals surface area contributed by atoms with Crippen molar-refractivity contribution < 1.29 is 85.4 Å². The van der Waals surface area contributed by atoms with Crippen LogP contribution in [0.15, 0.2) is 34.3 Å². The number of aryl methyl sites for hydroxylation is 2. The number of pyridine rings is 1. The molecule has 6 rings (SSSR count). The number of hydrogen-bond acceptors (Lipinski definition) is 21. The van der Waals surface area contributed by atoms with Crippen LogP contribution in [-0.2, 0) is 70.0 Å². The average Bonchev–Trinajstić information content (AvgIpc) is 3.87. The molecule has 2 aromatic rings. The summed E-state index contributed by atoms with van der Waals surface area (Å²) in [5.74, 6) is -6.12. The molecule has 0 bridgehead atoms. The number of oxime groups is 1. The van der Waals surface area contributed by atoms with Crippen LogP contribution in [0.25, 0.3) is 10.9 Å². The molecule has 446 valence electrons. The highest BCUT2D eigenvalue weighted by Gasteiger charge is 2.59. The van der Waals surface area contributed by atoms with E-state index in [0.29, 0.717) is 43.3 Å². The van der Waals surface area contributed by atoms with Crippen molar-refractivity contribution in [3.05, 3.63) is 45.7 Å². The summed E-state index contributed by atoms with van der Waals surface area (Å²) < 4.78 is 85.2. The van der Waals surface area contributed by atoms with Crippen LogP contribution in [0.5, 0.6) is 0 Å². The Morgan fingerprint density at radius 2 is 1.66 bits per heavy atom. The summed E-state index contributed by atoms with van der Waals surface area (Å²) in [6.07, 6.45) is -8.99. The smallest absolute Gasteiger partial charge is 0.477 e. The minimum atomic E-state index is -4.22. The van der Waals surface area contributed by atoms with E-state index in [1.54, 1.807) is 72.1 Å². The lowest BCUT2D eigenvalue weighted by molar-refractivity contribution is -0.316. The summed E-state index contributed by atoms with van der Waals surface area (Å²) in [5, 5.41) is 51.9. The van der Waals surface area contributed by atoms with Crippen molar-refractivity contribution in [1.82, 2.24) is 14.8 Å². The lowest BCUT2D eigenvalue weighted by Crippen LogP contribution is -2.61. The number of nitrogens with one attached hydrogen (secondary N) is 1. The van der Waals surface area contributed by atoms with Crippen molar-refractivity contribution in [1.29, 1.82) is 0 Å². The number of benzene rings is 1. The van der Waals surface area contributed by atoms with Gasteiger partial charge in [-0.2, -0.15) is 8.42 Å². The summed E-state index contributed by atoms with van der Waals surface area (Å²) >= 11 is 0. The third-order valence-electron chi connectivity index (χ3n) is 16.7. The van der Waals surface area contributed by atoms with Crippen LogP contribution in [-0.4, -0.2) is 187 Å². The first-order chi connectivity index (χ1) is 37.0. The quantitative estimate of drug-likeness (QED) is 0.0439. The van der Waals surface area contributed by atoms with Crippen molar-refractivity contribution >= 4 is 44.8 Å². The zero-order valence-corrected chi connectivity index (χ0v) is 49.0. The van der Waals surface area contributed by atoms with Crippen molar-refractivity contribution in [3.8, 4) is 0 Å². The van der Waals surface area contributed by atoms with E-state index in [2.05, 4.69) is 10.5 Å². The Morgan fingerprint density at radius 3 is 2.28 bits per heavy atom. The highest BCUT2D eigenvalue weighted by Crippen LogP contribution is 2.44. The van der Waals surface area contributed by atoms with Gasteiger partial charge in [0.15, 0.2) is 24.3 Å². The molecule has 4 aliphatic heterocycles. The zero-order valence-electron chi connectivity index (χ0n) is 48.2. The van der Waals surface area contributed by atoms with Gasteiger partial charge >= 0.3 is 18.1 Å². The molecule has 0 spiro atoms. The number of rotatable bonds is 18. The van der Waals surface area contributed by atoms with E-state index in [4.69, 9.17) is 42.1 Å². The minimum Gasteiger partial charge on any atom is -0.477 e. The molecule has 5 heterocycles. The Hall–Kier alpha value is -4.34. The first kappa shape index (κ1) is 63.8. The Labute approximate surface area is 463 Å². The predicted molar refractivity (Wildman–Crippen MR) is 288 cm³/mol. The zero-order chi connectivity index (χ0) is 58.7. The maximum atomic E-state index is 14.8. The molecule has 79 heavy (non-hydrogen) atoms. The number of carboxylic acid groups (broad SMARTS) is 1. The maximum Gasteiger partial charge on any atom is 0.509 e. The number of ether oxygens (including phenoxy) is 8. The van der Waals surface area contributed by atoms with Gasteiger partial charge in [-0.15, -0.1) is 0 Å². The molecular formula is C55H86N4O19S. The number of aromatic carboxylic acids is 1. The number of likely N-dealkylation sites (N-methyl/N-ethyl adjacent to an activating group) is 1. The van der Waals surface area contributed by atoms with Gasteiger partial charge in [-0.1, -0.05) is 38.9 Å². The second-order valence-electron chi connectivity index (χ2n) is 23.0. The molecule has 4 aliphatic rings. The van der Waals surface area contributed by atoms with Crippen molar-refractivity contribution in [3.63, 3.8) is 0 Å². The summed E-state index contributed by atoms with van der Waals surface area (Å²) in [6, 6.07) is 4.98. The molecule has 0 amide bonds. The fraction of sp³-hybridized carbons (Fsp3) is 0.764. The average molecular weight is 1140 g/mol. The fourth-order valence-corrected chi connectivity index (χ4v) is 13.5. The lowest BCUT2D eigenvalue weighted by Gasteiger charge is -2.49. The van der Waals surface area contributed by atoms with Gasteiger partial charge in [-0.3, -0.25) is 13.8 Å². The Kier molecular flexibility index (Phi) is 20.9. The first-order valence-corrected chi connectivity index (χ1v) is 29.1. The number of carbonyl (C=O) groups is 3. The van der Waals surface area contributed by atoms with Crippen LogP contribution < -0.4 is 10.7 Å². The number of cyclic esters (lactones) is 1. The van der Waals surface area contributed by atoms with Gasteiger partial charge in [0.2, 0.25) is 5.43 Å². The van der Waals surface area contributed by atoms with Crippen LogP contribution in [0, 0.1) is 23.7 Å². The second-order valence-corrected chi connectivity index (χ2v) is 24.7. The number of carbonyl (C=O) groups excluding carboxylic acids is 2. The van der Waals surface area contributed by atoms with Crippen LogP contribution in [0.3, 0.4) is 0 Å². The van der Waals surface area contributed by atoms with E-state index in [9.17, 15) is 48.1 Å². The molecule has 0 radical (unpaired) electrons. The molecule has 24 heteroatoms. The molecule has 1 aromatic heterocycles. The van der Waals surface area contributed by atoms with Crippen LogP contribution >= 0.6 is 0 Å². The Morgan fingerprint density at radius 1 is 0.962 bits per heavy atom. The van der Waals surface area contributed by atoms with E-state index >= 15 is 0 Å². The van der Waals surface area contributed by atoms with Gasteiger partial charge in [0.05, 0.1) is 58.5 Å². The van der Waals surface area contributed by atoms with Gasteiger partial charge < -0.3 is 73.2 Å². The number of fused-ring (bicyclic) bond motifs is 2. The van der Waals surface area contributed by atoms with Crippen molar-refractivity contribution in [2.24, 2.45) is 28.8 Å². The van der Waals surface area contributed by atoms with Crippen LogP contribution in [0.2, 0.25) is 0 Å². The Balaban J connectivity index is 1.22. The second kappa shape index (κ2) is 25.8. The highest BCUT2D eigenvalue weighted by molar-refractivity contribution is 7.86. The number of nitrogens with zero attached hydrogens (tertiary/aromatic N) is 3. The van der Waals surface area contributed by atoms with Gasteiger partial charge in [0.1, 0.15) is 23.9 Å². The molecule has 0 saturated carbocycles. The largest absolute Gasteiger partial charge is 0.509 e. The van der Waals surface area contributed by atoms with Gasteiger partial charge in [-0.05, 0) is 119 Å². The van der Waals surface area contributed by atoms with Crippen molar-refractivity contribution in [2.75, 3.05) is 40.0 Å². The molecule has 1 unspecified atom stereocenters. The fourth-order valence-electron chi connectivity index (χ4n) is 12.4. The van der Waals surface area contributed by atoms with Gasteiger partial charge in [0.25, 0.3) is 10.1 Å². The van der Waals surface area contributed by atoms with Gasteiger partial charge in [-0.25, -0.2) is 9.59 Å². The molecule has 1 aromatic carbocycles. The Bertz CT molecular complexity index is 2670. The molecule has 18 atom stereocenters. The maximum absolute atomic E-state index is 14.8. The van der Waals surface area contributed by atoms with E-state index < -0.39 is 141 Å². The SMILES string of the molecule is CC[C@H]1OC(=O)[C@H](C)[C@@H](O[C@H]2C[C@@](C)(OC)[C@@H](OS(=O)(=O)CCNCCCc3ccc4c(c3)c(=O)c(C(=O)O)cn4CC)[C@H](C)O2)[C@H](C)[C@@H](O[C@@H]2O[C@H](C)C[C@H](N(C)C)[C@H]2O)[C@](C)(O)C[C@@H](C)/C(=N\O)C(C)[C@H]2OC(=O)O[C@@]21C. The molecule has 4 saturated heterocycles. The molecular weight excluding hydrogens is 1050 g/mol. The van der Waals surface area contributed by atoms with E-state index in [1.807, 2.05) is 38.9 Å². The lowest BCUT2D eigenvalue weighted by atomic mass is 9.73. The predicted octanol–water partition coefficient (Wildman–Crippen LogP) is 4.84. The number of esters is 1. The molecule has 23 nitrogen and oxygen atoms in total. The van der Waals surface area contributed by atoms with Crippen LogP contribution in [0.4, 0.5) is 4.79 Å². The summed E-state index contributed by atoms with van der Waals surface area (Å²) in [7, 11) is 0.847. The topological polar surface area (TPSA) is 299 Å². The number of carboxylic acids is 1. The number of aromatic nitrogens is 1. The number of aliphatic hydroxyl groups excluding tert-OH is 1. The summed E-state index contributed by atoms with van der Waals surface area (Å²) in [4.78, 5) is 54.3.